The highest BCUT2D eigenvalue weighted by Gasteiger charge is 2.17. The van der Waals surface area contributed by atoms with Crippen LogP contribution in [0.15, 0.2) is 122 Å². The van der Waals surface area contributed by atoms with Gasteiger partial charge in [-0.25, -0.2) is 0 Å². The van der Waals surface area contributed by atoms with Crippen molar-refractivity contribution in [3.63, 3.8) is 0 Å². The van der Waals surface area contributed by atoms with E-state index in [9.17, 15) is 15.0 Å². The number of rotatable bonds is 33. The highest BCUT2D eigenvalue weighted by molar-refractivity contribution is 5.76. The lowest BCUT2D eigenvalue weighted by Crippen LogP contribution is -2.45. The van der Waals surface area contributed by atoms with Crippen LogP contribution in [0.2, 0.25) is 0 Å². The van der Waals surface area contributed by atoms with Crippen molar-refractivity contribution in [2.45, 2.75) is 154 Å². The van der Waals surface area contributed by atoms with Gasteiger partial charge in [0.25, 0.3) is 0 Å². The molecule has 0 bridgehead atoms. The lowest BCUT2D eigenvalue weighted by molar-refractivity contribution is -0.122. The SMILES string of the molecule is CC/C=C\C/C=C\C/C=C\C/C=C\C/C=C\C/C=C\C/C=C\CCCC(=O)NC(CO)C(O)/C=C/CC/C=C/CC/C=C/CCCCCCC. The summed E-state index contributed by atoms with van der Waals surface area (Å²) < 4.78 is 0. The third-order valence-corrected chi connectivity index (χ3v) is 7.91. The summed E-state index contributed by atoms with van der Waals surface area (Å²) in [5.74, 6) is -0.143. The van der Waals surface area contributed by atoms with Crippen LogP contribution in [0, 0.1) is 0 Å². The van der Waals surface area contributed by atoms with Gasteiger partial charge in [-0.05, 0) is 96.3 Å². The van der Waals surface area contributed by atoms with Crippen molar-refractivity contribution >= 4 is 5.91 Å². The number of allylic oxidation sites excluding steroid dienone is 19. The summed E-state index contributed by atoms with van der Waals surface area (Å²) >= 11 is 0. The minimum Gasteiger partial charge on any atom is -0.394 e. The van der Waals surface area contributed by atoms with Crippen LogP contribution < -0.4 is 5.32 Å². The first-order valence-corrected chi connectivity index (χ1v) is 19.7. The minimum absolute atomic E-state index is 0.143. The van der Waals surface area contributed by atoms with Crippen LogP contribution in [0.4, 0.5) is 0 Å². The Morgan fingerprint density at radius 2 is 0.900 bits per heavy atom. The van der Waals surface area contributed by atoms with Crippen molar-refractivity contribution in [1.82, 2.24) is 5.32 Å². The molecule has 0 heterocycles. The topological polar surface area (TPSA) is 69.6 Å². The summed E-state index contributed by atoms with van der Waals surface area (Å²) in [7, 11) is 0. The summed E-state index contributed by atoms with van der Waals surface area (Å²) in [4.78, 5) is 12.3. The maximum absolute atomic E-state index is 12.3. The van der Waals surface area contributed by atoms with E-state index in [4.69, 9.17) is 0 Å². The van der Waals surface area contributed by atoms with Gasteiger partial charge in [0, 0.05) is 6.42 Å². The molecule has 0 aromatic heterocycles. The molecular formula is C46H73NO3. The quantitative estimate of drug-likeness (QED) is 0.0475. The van der Waals surface area contributed by atoms with Crippen molar-refractivity contribution in [3.8, 4) is 0 Å². The van der Waals surface area contributed by atoms with E-state index < -0.39 is 12.1 Å². The molecule has 0 rings (SSSR count). The number of unbranched alkanes of at least 4 members (excludes halogenated alkanes) is 8. The van der Waals surface area contributed by atoms with E-state index in [0.717, 1.165) is 83.5 Å². The van der Waals surface area contributed by atoms with Crippen LogP contribution in [0.3, 0.4) is 0 Å². The Bertz CT molecular complexity index is 1050. The normalized spacial score (nSPS) is 14.4. The third kappa shape index (κ3) is 36.1. The lowest BCUT2D eigenvalue weighted by atomic mass is 10.1. The Kier molecular flexibility index (Phi) is 37.6. The zero-order chi connectivity index (χ0) is 36.4. The van der Waals surface area contributed by atoms with Gasteiger partial charge in [0.1, 0.15) is 0 Å². The highest BCUT2D eigenvalue weighted by Crippen LogP contribution is 2.07. The van der Waals surface area contributed by atoms with E-state index in [1.807, 2.05) is 6.08 Å². The van der Waals surface area contributed by atoms with Crippen LogP contribution in [0.5, 0.6) is 0 Å². The molecule has 2 unspecified atom stereocenters. The van der Waals surface area contributed by atoms with Crippen molar-refractivity contribution in [2.75, 3.05) is 6.61 Å². The van der Waals surface area contributed by atoms with Crippen LogP contribution in [0.25, 0.3) is 0 Å². The van der Waals surface area contributed by atoms with E-state index in [1.54, 1.807) is 6.08 Å². The number of hydrogen-bond donors (Lipinski definition) is 3. The largest absolute Gasteiger partial charge is 0.394 e. The van der Waals surface area contributed by atoms with Gasteiger partial charge in [-0.1, -0.05) is 161 Å². The Morgan fingerprint density at radius 1 is 0.500 bits per heavy atom. The van der Waals surface area contributed by atoms with E-state index >= 15 is 0 Å². The van der Waals surface area contributed by atoms with Crippen LogP contribution in [-0.2, 0) is 4.79 Å². The second-order valence-corrected chi connectivity index (χ2v) is 12.6. The third-order valence-electron chi connectivity index (χ3n) is 7.91. The Morgan fingerprint density at radius 3 is 1.38 bits per heavy atom. The predicted octanol–water partition coefficient (Wildman–Crippen LogP) is 12.2. The molecule has 0 aliphatic carbocycles. The van der Waals surface area contributed by atoms with Crippen LogP contribution in [-0.4, -0.2) is 34.9 Å². The van der Waals surface area contributed by atoms with Gasteiger partial charge < -0.3 is 15.5 Å². The molecule has 0 aromatic carbocycles. The smallest absolute Gasteiger partial charge is 0.220 e. The molecule has 0 aliphatic rings. The molecule has 0 saturated carbocycles. The molecular weight excluding hydrogens is 615 g/mol. The van der Waals surface area contributed by atoms with E-state index in [2.05, 4.69) is 129 Å². The molecule has 0 saturated heterocycles. The van der Waals surface area contributed by atoms with Gasteiger partial charge in [0.15, 0.2) is 0 Å². The molecule has 0 fully saturated rings. The Balaban J connectivity index is 3.87. The summed E-state index contributed by atoms with van der Waals surface area (Å²) in [5, 5.41) is 22.8. The van der Waals surface area contributed by atoms with Gasteiger partial charge in [-0.15, -0.1) is 0 Å². The molecule has 0 radical (unpaired) electrons. The van der Waals surface area contributed by atoms with Gasteiger partial charge in [0.05, 0.1) is 18.8 Å². The predicted molar refractivity (Wildman–Crippen MR) is 220 cm³/mol. The molecule has 3 N–H and O–H groups in total. The first kappa shape index (κ1) is 46.8. The van der Waals surface area contributed by atoms with Gasteiger partial charge >= 0.3 is 0 Å². The minimum atomic E-state index is -0.902. The van der Waals surface area contributed by atoms with Crippen molar-refractivity contribution in [1.29, 1.82) is 0 Å². The summed E-state index contributed by atoms with van der Waals surface area (Å²) in [6.07, 6.45) is 62.9. The average Bonchev–Trinajstić information content (AvgIpc) is 3.12. The molecule has 4 nitrogen and oxygen atoms in total. The van der Waals surface area contributed by atoms with Crippen molar-refractivity contribution in [2.24, 2.45) is 0 Å². The standard InChI is InChI=1S/C46H73NO3/c1-3-5-7-9-11-13-15-17-19-20-21-22-23-24-25-26-28-30-32-34-36-38-40-42-46(50)47-44(43-48)45(49)41-39-37-35-33-31-29-27-18-16-14-12-10-8-6-4-2/h5,7,11,13,16-19,21-22,24-25,28,30-31,33-34,36,39,41,44-45,48-49H,3-4,6,8-10,12,14-15,20,23,26-27,29,32,35,37-38,40,42-43H2,1-2H3,(H,47,50)/b7-5-,13-11-,18-16+,19-17-,22-21-,25-24-,30-28-,33-31+,36-34-,41-39+. The van der Waals surface area contributed by atoms with Gasteiger partial charge in [0.2, 0.25) is 5.91 Å². The first-order valence-electron chi connectivity index (χ1n) is 19.7. The summed E-state index contributed by atoms with van der Waals surface area (Å²) in [6, 6.07) is -0.684. The van der Waals surface area contributed by atoms with Crippen LogP contribution in [0.1, 0.15) is 142 Å². The number of carbonyl (C=O) groups is 1. The highest BCUT2D eigenvalue weighted by atomic mass is 16.3. The van der Waals surface area contributed by atoms with E-state index in [1.165, 1.54) is 38.5 Å². The molecule has 0 spiro atoms. The van der Waals surface area contributed by atoms with Crippen LogP contribution >= 0.6 is 0 Å². The molecule has 1 amide bonds. The molecule has 280 valence electrons. The Labute approximate surface area is 308 Å². The van der Waals surface area contributed by atoms with Crippen molar-refractivity contribution in [3.05, 3.63) is 122 Å². The summed E-state index contributed by atoms with van der Waals surface area (Å²) in [6.45, 7) is 4.11. The molecule has 0 aliphatic heterocycles. The lowest BCUT2D eigenvalue weighted by Gasteiger charge is -2.19. The molecule has 50 heavy (non-hydrogen) atoms. The van der Waals surface area contributed by atoms with Gasteiger partial charge in [-0.3, -0.25) is 4.79 Å². The number of amides is 1. The zero-order valence-electron chi connectivity index (χ0n) is 31.9. The zero-order valence-corrected chi connectivity index (χ0v) is 31.9. The maximum atomic E-state index is 12.3. The van der Waals surface area contributed by atoms with Gasteiger partial charge in [-0.2, -0.15) is 0 Å². The second kappa shape index (κ2) is 40.2. The molecule has 4 heteroatoms. The average molecular weight is 688 g/mol. The summed E-state index contributed by atoms with van der Waals surface area (Å²) in [5.41, 5.74) is 0. The first-order chi connectivity index (χ1) is 24.7. The number of hydrogen-bond acceptors (Lipinski definition) is 3. The fourth-order valence-corrected chi connectivity index (χ4v) is 4.90. The van der Waals surface area contributed by atoms with E-state index in [-0.39, 0.29) is 12.5 Å². The monoisotopic (exact) mass is 688 g/mol. The fourth-order valence-electron chi connectivity index (χ4n) is 4.90. The number of aliphatic hydroxyl groups is 2. The maximum Gasteiger partial charge on any atom is 0.220 e. The number of nitrogens with one attached hydrogen (secondary N) is 1. The molecule has 2 atom stereocenters. The van der Waals surface area contributed by atoms with E-state index in [0.29, 0.717) is 6.42 Å². The number of carbonyl (C=O) groups excluding carboxylic acids is 1. The molecule has 0 aromatic rings. The Hall–Kier alpha value is -3.21. The number of aliphatic hydroxyl groups excluding tert-OH is 2. The second-order valence-electron chi connectivity index (χ2n) is 12.6. The van der Waals surface area contributed by atoms with Crippen molar-refractivity contribution < 1.29 is 15.0 Å². The fraction of sp³-hybridized carbons (Fsp3) is 0.543.